The topological polar surface area (TPSA) is 32.3 Å². The Morgan fingerprint density at radius 3 is 2.68 bits per heavy atom. The van der Waals surface area contributed by atoms with E-state index in [0.717, 1.165) is 5.69 Å². The third-order valence-corrected chi connectivity index (χ3v) is 3.41. The molecule has 0 bridgehead atoms. The van der Waals surface area contributed by atoms with Crippen LogP contribution >= 0.6 is 23.2 Å². The van der Waals surface area contributed by atoms with Crippen LogP contribution in [0.2, 0.25) is 10.0 Å². The summed E-state index contributed by atoms with van der Waals surface area (Å²) < 4.78 is 0. The first-order valence-electron chi connectivity index (χ1n) is 6.00. The molecule has 0 radical (unpaired) electrons. The molecule has 100 valence electrons. The fourth-order valence-corrected chi connectivity index (χ4v) is 2.27. The predicted octanol–water partition coefficient (Wildman–Crippen LogP) is 4.45. The number of rotatable bonds is 4. The van der Waals surface area contributed by atoms with Crippen LogP contribution in [0.5, 0.6) is 0 Å². The number of aliphatic hydroxyl groups is 1. The predicted molar refractivity (Wildman–Crippen MR) is 81.1 cm³/mol. The van der Waals surface area contributed by atoms with Crippen LogP contribution in [0.3, 0.4) is 0 Å². The number of halogens is 2. The van der Waals surface area contributed by atoms with Crippen molar-refractivity contribution in [1.82, 2.24) is 0 Å². The smallest absolute Gasteiger partial charge is 0.0977 e. The third-order valence-electron chi connectivity index (χ3n) is 2.83. The Labute approximate surface area is 123 Å². The summed E-state index contributed by atoms with van der Waals surface area (Å²) in [6.07, 6.45) is -0.702. The quantitative estimate of drug-likeness (QED) is 0.873. The second kappa shape index (κ2) is 6.29. The number of benzene rings is 2. The lowest BCUT2D eigenvalue weighted by atomic mass is 10.1. The zero-order valence-corrected chi connectivity index (χ0v) is 12.0. The molecule has 0 spiro atoms. The summed E-state index contributed by atoms with van der Waals surface area (Å²) in [6, 6.07) is 13.0. The van der Waals surface area contributed by atoms with Gasteiger partial charge in [0.25, 0.3) is 0 Å². The maximum absolute atomic E-state index is 10.2. The molecule has 0 aliphatic heterocycles. The first kappa shape index (κ1) is 14.2. The number of aliphatic hydroxyl groups excluding tert-OH is 1. The van der Waals surface area contributed by atoms with Crippen LogP contribution in [0, 0.1) is 6.92 Å². The Balaban J connectivity index is 2.05. The van der Waals surface area contributed by atoms with Gasteiger partial charge in [-0.3, -0.25) is 0 Å². The van der Waals surface area contributed by atoms with Gasteiger partial charge in [-0.1, -0.05) is 35.3 Å². The number of hydrogen-bond donors (Lipinski definition) is 2. The van der Waals surface area contributed by atoms with Crippen molar-refractivity contribution in [3.8, 4) is 0 Å². The summed E-state index contributed by atoms with van der Waals surface area (Å²) in [6.45, 7) is 2.40. The van der Waals surface area contributed by atoms with Crippen molar-refractivity contribution in [2.24, 2.45) is 0 Å². The van der Waals surface area contributed by atoms with Gasteiger partial charge in [0.05, 0.1) is 6.10 Å². The average Bonchev–Trinajstić information content (AvgIpc) is 2.39. The highest BCUT2D eigenvalue weighted by Crippen LogP contribution is 2.26. The van der Waals surface area contributed by atoms with Crippen LogP contribution in [0.1, 0.15) is 17.2 Å². The average molecular weight is 296 g/mol. The number of aryl methyl sites for hydroxylation is 1. The summed E-state index contributed by atoms with van der Waals surface area (Å²) in [5.74, 6) is 0. The molecule has 2 aromatic rings. The van der Waals surface area contributed by atoms with Gasteiger partial charge in [-0.05, 0) is 42.8 Å². The van der Waals surface area contributed by atoms with Gasteiger partial charge in [-0.25, -0.2) is 0 Å². The van der Waals surface area contributed by atoms with Crippen molar-refractivity contribution >= 4 is 28.9 Å². The van der Waals surface area contributed by atoms with E-state index in [1.165, 1.54) is 5.56 Å². The van der Waals surface area contributed by atoms with E-state index >= 15 is 0 Å². The van der Waals surface area contributed by atoms with E-state index in [4.69, 9.17) is 23.2 Å². The number of nitrogens with one attached hydrogen (secondary N) is 1. The van der Waals surface area contributed by atoms with Crippen molar-refractivity contribution < 1.29 is 5.11 Å². The fraction of sp³-hybridized carbons (Fsp3) is 0.200. The second-order valence-electron chi connectivity index (χ2n) is 4.43. The molecule has 0 saturated heterocycles. The molecule has 19 heavy (non-hydrogen) atoms. The van der Waals surface area contributed by atoms with E-state index in [1.807, 2.05) is 31.2 Å². The third kappa shape index (κ3) is 3.87. The molecular weight excluding hydrogens is 281 g/mol. The summed E-state index contributed by atoms with van der Waals surface area (Å²) in [7, 11) is 0. The Hall–Kier alpha value is -1.22. The molecule has 0 aliphatic rings. The second-order valence-corrected chi connectivity index (χ2v) is 5.28. The maximum Gasteiger partial charge on any atom is 0.0977 e. The van der Waals surface area contributed by atoms with E-state index in [0.29, 0.717) is 22.2 Å². The zero-order valence-electron chi connectivity index (χ0n) is 10.5. The van der Waals surface area contributed by atoms with E-state index in [1.54, 1.807) is 18.2 Å². The Morgan fingerprint density at radius 2 is 1.95 bits per heavy atom. The van der Waals surface area contributed by atoms with Crippen molar-refractivity contribution in [2.45, 2.75) is 13.0 Å². The molecule has 4 heteroatoms. The number of hydrogen-bond acceptors (Lipinski definition) is 2. The molecule has 0 amide bonds. The molecule has 2 N–H and O–H groups in total. The standard InChI is InChI=1S/C15H15Cl2NO/c1-10-3-2-4-12(7-10)18-9-15(19)13-8-11(16)5-6-14(13)17/h2-8,15,18-19H,9H2,1H3. The highest BCUT2D eigenvalue weighted by molar-refractivity contribution is 6.33. The van der Waals surface area contributed by atoms with Gasteiger partial charge in [0, 0.05) is 27.8 Å². The van der Waals surface area contributed by atoms with Gasteiger partial charge in [0.1, 0.15) is 0 Å². The van der Waals surface area contributed by atoms with Crippen LogP contribution in [-0.2, 0) is 0 Å². The first-order chi connectivity index (χ1) is 9.06. The molecule has 0 heterocycles. The minimum absolute atomic E-state index is 0.378. The normalized spacial score (nSPS) is 12.2. The van der Waals surface area contributed by atoms with Gasteiger partial charge in [0.2, 0.25) is 0 Å². The lowest BCUT2D eigenvalue weighted by Crippen LogP contribution is -2.12. The minimum Gasteiger partial charge on any atom is -0.387 e. The molecule has 1 unspecified atom stereocenters. The monoisotopic (exact) mass is 295 g/mol. The lowest BCUT2D eigenvalue weighted by Gasteiger charge is -2.15. The van der Waals surface area contributed by atoms with Crippen LogP contribution in [0.25, 0.3) is 0 Å². The van der Waals surface area contributed by atoms with Crippen molar-refractivity contribution in [1.29, 1.82) is 0 Å². The van der Waals surface area contributed by atoms with Gasteiger partial charge in [0.15, 0.2) is 0 Å². The molecule has 2 rings (SSSR count). The van der Waals surface area contributed by atoms with Gasteiger partial charge in [-0.2, -0.15) is 0 Å². The molecule has 2 nitrogen and oxygen atoms in total. The SMILES string of the molecule is Cc1cccc(NCC(O)c2cc(Cl)ccc2Cl)c1. The van der Waals surface area contributed by atoms with E-state index in [9.17, 15) is 5.11 Å². The molecule has 0 saturated carbocycles. The zero-order chi connectivity index (χ0) is 13.8. The molecule has 2 aromatic carbocycles. The summed E-state index contributed by atoms with van der Waals surface area (Å²) in [4.78, 5) is 0. The van der Waals surface area contributed by atoms with Crippen LogP contribution in [0.4, 0.5) is 5.69 Å². The van der Waals surface area contributed by atoms with Crippen molar-refractivity contribution in [3.05, 3.63) is 63.6 Å². The largest absolute Gasteiger partial charge is 0.387 e. The summed E-state index contributed by atoms with van der Waals surface area (Å²) in [5, 5.41) is 14.4. The fourth-order valence-electron chi connectivity index (χ4n) is 1.85. The van der Waals surface area contributed by atoms with Gasteiger partial charge in [-0.15, -0.1) is 0 Å². The molecule has 0 aliphatic carbocycles. The lowest BCUT2D eigenvalue weighted by molar-refractivity contribution is 0.192. The van der Waals surface area contributed by atoms with E-state index in [-0.39, 0.29) is 0 Å². The highest BCUT2D eigenvalue weighted by atomic mass is 35.5. The Bertz CT molecular complexity index is 572. The van der Waals surface area contributed by atoms with E-state index < -0.39 is 6.10 Å². The molecule has 1 atom stereocenters. The first-order valence-corrected chi connectivity index (χ1v) is 6.75. The van der Waals surface area contributed by atoms with Crippen molar-refractivity contribution in [3.63, 3.8) is 0 Å². The van der Waals surface area contributed by atoms with Crippen molar-refractivity contribution in [2.75, 3.05) is 11.9 Å². The Kier molecular flexibility index (Phi) is 4.70. The minimum atomic E-state index is -0.702. The molecule has 0 aromatic heterocycles. The Morgan fingerprint density at radius 1 is 1.16 bits per heavy atom. The maximum atomic E-state index is 10.2. The van der Waals surface area contributed by atoms with Crippen LogP contribution in [0.15, 0.2) is 42.5 Å². The van der Waals surface area contributed by atoms with Crippen LogP contribution < -0.4 is 5.32 Å². The molecule has 0 fully saturated rings. The van der Waals surface area contributed by atoms with Gasteiger partial charge >= 0.3 is 0 Å². The van der Waals surface area contributed by atoms with Gasteiger partial charge < -0.3 is 10.4 Å². The van der Waals surface area contributed by atoms with Crippen LogP contribution in [-0.4, -0.2) is 11.7 Å². The summed E-state index contributed by atoms with van der Waals surface area (Å²) in [5.41, 5.74) is 2.77. The highest BCUT2D eigenvalue weighted by Gasteiger charge is 2.12. The molecular formula is C15H15Cl2NO. The number of anilines is 1. The van der Waals surface area contributed by atoms with E-state index in [2.05, 4.69) is 5.32 Å². The summed E-state index contributed by atoms with van der Waals surface area (Å²) >= 11 is 12.0.